The number of ether oxygens (including phenoxy) is 1. The number of rotatable bonds is 3. The molecule has 3 nitrogen and oxygen atoms in total. The Balaban J connectivity index is 2.88. The van der Waals surface area contributed by atoms with Crippen LogP contribution in [0.1, 0.15) is 31.3 Å². The maximum atomic E-state index is 11.5. The predicted octanol–water partition coefficient (Wildman–Crippen LogP) is 2.23. The summed E-state index contributed by atoms with van der Waals surface area (Å²) in [4.78, 5) is 11.5. The molecule has 0 radical (unpaired) electrons. The number of carbonyl (C=O) groups excluding carboxylic acids is 1. The van der Waals surface area contributed by atoms with E-state index in [-0.39, 0.29) is 12.0 Å². The van der Waals surface area contributed by atoms with Gasteiger partial charge in [0.25, 0.3) is 0 Å². The van der Waals surface area contributed by atoms with Crippen molar-refractivity contribution in [3.63, 3.8) is 0 Å². The molecule has 0 amide bonds. The lowest BCUT2D eigenvalue weighted by Gasteiger charge is -2.16. The number of nitrogens with zero attached hydrogens (tertiary/aromatic N) is 1. The van der Waals surface area contributed by atoms with E-state index in [1.54, 1.807) is 0 Å². The third-order valence-corrected chi connectivity index (χ3v) is 2.34. The Morgan fingerprint density at radius 1 is 1.43 bits per heavy atom. The van der Waals surface area contributed by atoms with Gasteiger partial charge in [0.15, 0.2) is 0 Å². The van der Waals surface area contributed by atoms with Gasteiger partial charge in [-0.25, -0.2) is 4.79 Å². The lowest BCUT2D eigenvalue weighted by Crippen LogP contribution is -2.20. The first-order valence-corrected chi connectivity index (χ1v) is 4.89. The Labute approximate surface area is 84.7 Å². The highest BCUT2D eigenvalue weighted by Gasteiger charge is 2.18. The zero-order valence-corrected chi connectivity index (χ0v) is 9.20. The summed E-state index contributed by atoms with van der Waals surface area (Å²) >= 11 is 0. The Morgan fingerprint density at radius 2 is 1.93 bits per heavy atom. The van der Waals surface area contributed by atoms with Crippen molar-refractivity contribution in [1.82, 2.24) is 4.57 Å². The first-order valence-electron chi connectivity index (χ1n) is 4.89. The van der Waals surface area contributed by atoms with Crippen LogP contribution < -0.4 is 0 Å². The molecule has 0 aliphatic heterocycles. The molecule has 0 aromatic carbocycles. The molecule has 1 unspecified atom stereocenters. The molecule has 0 aliphatic carbocycles. The Hall–Kier alpha value is -1.25. The highest BCUT2D eigenvalue weighted by molar-refractivity contribution is 5.74. The number of hydrogen-bond donors (Lipinski definition) is 0. The molecule has 1 atom stereocenters. The first-order chi connectivity index (χ1) is 6.57. The van der Waals surface area contributed by atoms with Gasteiger partial charge in [-0.05, 0) is 39.8 Å². The molecule has 1 rings (SSSR count). The molecule has 0 N–H and O–H groups in total. The maximum absolute atomic E-state index is 11.5. The molecule has 0 spiro atoms. The van der Waals surface area contributed by atoms with E-state index >= 15 is 0 Å². The monoisotopic (exact) mass is 195 g/mol. The molecule has 1 aromatic heterocycles. The second kappa shape index (κ2) is 4.31. The van der Waals surface area contributed by atoms with E-state index in [0.717, 1.165) is 11.4 Å². The largest absolute Gasteiger partial charge is 0.464 e. The number of hydrogen-bond acceptors (Lipinski definition) is 2. The smallest absolute Gasteiger partial charge is 0.328 e. The van der Waals surface area contributed by atoms with Gasteiger partial charge in [0, 0.05) is 11.4 Å². The van der Waals surface area contributed by atoms with Gasteiger partial charge in [-0.2, -0.15) is 0 Å². The number of carbonyl (C=O) groups is 1. The molecule has 0 fully saturated rings. The Bertz CT molecular complexity index is 309. The van der Waals surface area contributed by atoms with Crippen LogP contribution in [0.5, 0.6) is 0 Å². The Kier molecular flexibility index (Phi) is 3.33. The van der Waals surface area contributed by atoms with E-state index in [1.807, 2.05) is 44.4 Å². The average Bonchev–Trinajstić information content (AvgIpc) is 2.46. The van der Waals surface area contributed by atoms with E-state index in [9.17, 15) is 4.79 Å². The predicted molar refractivity (Wildman–Crippen MR) is 55.3 cm³/mol. The summed E-state index contributed by atoms with van der Waals surface area (Å²) in [6, 6.07) is 3.78. The van der Waals surface area contributed by atoms with Gasteiger partial charge in [0.05, 0.1) is 6.61 Å². The zero-order chi connectivity index (χ0) is 10.7. The third-order valence-electron chi connectivity index (χ3n) is 2.34. The van der Waals surface area contributed by atoms with Crippen LogP contribution in [0, 0.1) is 13.8 Å². The first kappa shape index (κ1) is 10.8. The van der Waals surface area contributed by atoms with Crippen LogP contribution >= 0.6 is 0 Å². The van der Waals surface area contributed by atoms with Crippen molar-refractivity contribution in [2.75, 3.05) is 6.61 Å². The van der Waals surface area contributed by atoms with Crippen molar-refractivity contribution in [2.45, 2.75) is 33.7 Å². The minimum atomic E-state index is -0.232. The minimum absolute atomic E-state index is 0.171. The SMILES string of the molecule is CCOC(=O)C(C)n1c(C)ccc1C. The molecular formula is C11H17NO2. The summed E-state index contributed by atoms with van der Waals surface area (Å²) in [7, 11) is 0. The third kappa shape index (κ3) is 1.97. The summed E-state index contributed by atoms with van der Waals surface area (Å²) < 4.78 is 6.96. The van der Waals surface area contributed by atoms with Gasteiger partial charge in [-0.3, -0.25) is 0 Å². The molecule has 0 saturated heterocycles. The lowest BCUT2D eigenvalue weighted by atomic mass is 10.3. The topological polar surface area (TPSA) is 31.2 Å². The van der Waals surface area contributed by atoms with Crippen molar-refractivity contribution in [1.29, 1.82) is 0 Å². The molecule has 78 valence electrons. The van der Waals surface area contributed by atoms with Gasteiger partial charge in [0.1, 0.15) is 6.04 Å². The van der Waals surface area contributed by atoms with E-state index in [4.69, 9.17) is 4.74 Å². The van der Waals surface area contributed by atoms with Crippen LogP contribution in [0.3, 0.4) is 0 Å². The fourth-order valence-corrected chi connectivity index (χ4v) is 1.66. The molecule has 1 aromatic rings. The van der Waals surface area contributed by atoms with Crippen molar-refractivity contribution in [2.24, 2.45) is 0 Å². The van der Waals surface area contributed by atoms with Crippen LogP contribution in [0.2, 0.25) is 0 Å². The van der Waals surface area contributed by atoms with E-state index in [2.05, 4.69) is 0 Å². The quantitative estimate of drug-likeness (QED) is 0.692. The average molecular weight is 195 g/mol. The molecule has 3 heteroatoms. The second-order valence-electron chi connectivity index (χ2n) is 3.41. The van der Waals surface area contributed by atoms with Crippen molar-refractivity contribution >= 4 is 5.97 Å². The van der Waals surface area contributed by atoms with Crippen LogP contribution in [0.4, 0.5) is 0 Å². The van der Waals surface area contributed by atoms with E-state index < -0.39 is 0 Å². The summed E-state index contributed by atoms with van der Waals surface area (Å²) in [6.45, 7) is 8.09. The van der Waals surface area contributed by atoms with Gasteiger partial charge in [-0.1, -0.05) is 0 Å². The normalized spacial score (nSPS) is 12.6. The molecular weight excluding hydrogens is 178 g/mol. The molecule has 0 bridgehead atoms. The summed E-state index contributed by atoms with van der Waals surface area (Å²) in [5, 5.41) is 0. The van der Waals surface area contributed by atoms with Crippen LogP contribution in [0.15, 0.2) is 12.1 Å². The van der Waals surface area contributed by atoms with Crippen molar-refractivity contribution in [3.05, 3.63) is 23.5 Å². The van der Waals surface area contributed by atoms with Gasteiger partial charge < -0.3 is 9.30 Å². The van der Waals surface area contributed by atoms with Gasteiger partial charge in [-0.15, -0.1) is 0 Å². The van der Waals surface area contributed by atoms with Crippen LogP contribution in [-0.2, 0) is 9.53 Å². The summed E-state index contributed by atoms with van der Waals surface area (Å²) in [6.07, 6.45) is 0. The highest BCUT2D eigenvalue weighted by atomic mass is 16.5. The van der Waals surface area contributed by atoms with Crippen LogP contribution in [-0.4, -0.2) is 17.1 Å². The number of esters is 1. The van der Waals surface area contributed by atoms with Crippen molar-refractivity contribution in [3.8, 4) is 0 Å². The zero-order valence-electron chi connectivity index (χ0n) is 9.20. The fraction of sp³-hybridized carbons (Fsp3) is 0.545. The minimum Gasteiger partial charge on any atom is -0.464 e. The summed E-state index contributed by atoms with van der Waals surface area (Å²) in [5.41, 5.74) is 2.17. The molecule has 0 aliphatic rings. The molecule has 14 heavy (non-hydrogen) atoms. The molecule has 1 heterocycles. The van der Waals surface area contributed by atoms with Crippen molar-refractivity contribution < 1.29 is 9.53 Å². The Morgan fingerprint density at radius 3 is 2.36 bits per heavy atom. The molecule has 0 saturated carbocycles. The number of aryl methyl sites for hydroxylation is 2. The number of aromatic nitrogens is 1. The summed E-state index contributed by atoms with van der Waals surface area (Å²) in [5.74, 6) is -0.171. The highest BCUT2D eigenvalue weighted by Crippen LogP contribution is 2.16. The standard InChI is InChI=1S/C11H17NO2/c1-5-14-11(13)10(4)12-8(2)6-7-9(12)3/h6-7,10H,5H2,1-4H3. The van der Waals surface area contributed by atoms with E-state index in [0.29, 0.717) is 6.61 Å². The fourth-order valence-electron chi connectivity index (χ4n) is 1.66. The van der Waals surface area contributed by atoms with Gasteiger partial charge >= 0.3 is 5.97 Å². The maximum Gasteiger partial charge on any atom is 0.328 e. The van der Waals surface area contributed by atoms with Gasteiger partial charge in [0.2, 0.25) is 0 Å². The second-order valence-corrected chi connectivity index (χ2v) is 3.41. The van der Waals surface area contributed by atoms with E-state index in [1.165, 1.54) is 0 Å². The lowest BCUT2D eigenvalue weighted by molar-refractivity contribution is -0.146. The van der Waals surface area contributed by atoms with Crippen LogP contribution in [0.25, 0.3) is 0 Å².